The second-order valence-electron chi connectivity index (χ2n) is 9.87. The van der Waals surface area contributed by atoms with Gasteiger partial charge in [-0.2, -0.15) is 17.5 Å². The number of alkyl halides is 3. The third-order valence-corrected chi connectivity index (χ3v) is 9.45. The zero-order valence-electron chi connectivity index (χ0n) is 21.1. The second kappa shape index (κ2) is 11.8. The van der Waals surface area contributed by atoms with Crippen molar-refractivity contribution in [2.75, 3.05) is 62.6 Å². The highest BCUT2D eigenvalue weighted by atomic mass is 35.5. The number of piperidine rings is 1. The summed E-state index contributed by atoms with van der Waals surface area (Å²) in [5.41, 5.74) is 1.11. The number of carboxylic acids is 1. The van der Waals surface area contributed by atoms with E-state index in [1.54, 1.807) is 36.7 Å². The predicted octanol–water partition coefficient (Wildman–Crippen LogP) is 3.17. The molecular formula is C24H30ClF3N6O4S. The third-order valence-electron chi connectivity index (χ3n) is 7.25. The SMILES string of the molecule is O=C(O)C(F)(F)F.O=S(=O)(c1ccc(NCC23CCCN(CC2)C3)c(Cl)c1)N1CCN(c2ncccn2)CC1. The van der Waals surface area contributed by atoms with E-state index >= 15 is 0 Å². The number of hydrogen-bond donors (Lipinski definition) is 2. The minimum atomic E-state index is -5.08. The Morgan fingerprint density at radius 1 is 1.08 bits per heavy atom. The van der Waals surface area contributed by atoms with Gasteiger partial charge in [0.15, 0.2) is 0 Å². The first kappa shape index (κ1) is 29.3. The number of fused-ring (bicyclic) bond motifs is 2. The van der Waals surface area contributed by atoms with Gasteiger partial charge in [-0.3, -0.25) is 0 Å². The highest BCUT2D eigenvalue weighted by Gasteiger charge is 2.40. The Balaban J connectivity index is 0.000000448. The van der Waals surface area contributed by atoms with Gasteiger partial charge in [-0.15, -0.1) is 0 Å². The van der Waals surface area contributed by atoms with E-state index in [2.05, 4.69) is 20.2 Å². The van der Waals surface area contributed by atoms with Crippen molar-refractivity contribution in [2.24, 2.45) is 5.41 Å². The summed E-state index contributed by atoms with van der Waals surface area (Å²) >= 11 is 6.51. The lowest BCUT2D eigenvalue weighted by molar-refractivity contribution is -0.192. The molecule has 10 nitrogen and oxygen atoms in total. The molecule has 4 heterocycles. The minimum absolute atomic E-state index is 0.236. The van der Waals surface area contributed by atoms with Crippen molar-refractivity contribution < 1.29 is 31.5 Å². The lowest BCUT2D eigenvalue weighted by atomic mass is 9.81. The van der Waals surface area contributed by atoms with Crippen LogP contribution in [0.5, 0.6) is 0 Å². The van der Waals surface area contributed by atoms with Crippen LogP contribution in [-0.2, 0) is 14.8 Å². The molecule has 3 fully saturated rings. The molecule has 0 aliphatic carbocycles. The Labute approximate surface area is 229 Å². The Morgan fingerprint density at radius 2 is 1.74 bits per heavy atom. The maximum atomic E-state index is 13.2. The number of rotatable bonds is 6. The van der Waals surface area contributed by atoms with Gasteiger partial charge in [0, 0.05) is 57.1 Å². The summed E-state index contributed by atoms with van der Waals surface area (Å²) in [6.45, 7) is 6.28. The Bertz CT molecular complexity index is 1260. The molecule has 2 unspecified atom stereocenters. The molecule has 1 aromatic carbocycles. The number of halogens is 4. The van der Waals surface area contributed by atoms with Gasteiger partial charge in [-0.25, -0.2) is 23.2 Å². The van der Waals surface area contributed by atoms with Crippen LogP contribution in [0.2, 0.25) is 5.02 Å². The number of nitrogens with one attached hydrogen (secondary N) is 1. The molecule has 214 valence electrons. The van der Waals surface area contributed by atoms with Crippen molar-refractivity contribution in [3.63, 3.8) is 0 Å². The van der Waals surface area contributed by atoms with Gasteiger partial charge in [-0.05, 0) is 56.6 Å². The summed E-state index contributed by atoms with van der Waals surface area (Å²) in [5.74, 6) is -2.13. The van der Waals surface area contributed by atoms with Crippen LogP contribution >= 0.6 is 11.6 Å². The van der Waals surface area contributed by atoms with E-state index in [4.69, 9.17) is 21.5 Å². The average molecular weight is 591 g/mol. The van der Waals surface area contributed by atoms with Crippen LogP contribution in [0.4, 0.5) is 24.8 Å². The molecule has 3 aliphatic heterocycles. The topological polar surface area (TPSA) is 119 Å². The predicted molar refractivity (Wildman–Crippen MR) is 139 cm³/mol. The number of nitrogens with zero attached hydrogens (tertiary/aromatic N) is 5. The fourth-order valence-corrected chi connectivity index (χ4v) is 6.91. The number of carbonyl (C=O) groups is 1. The number of anilines is 2. The van der Waals surface area contributed by atoms with E-state index < -0.39 is 22.2 Å². The van der Waals surface area contributed by atoms with E-state index in [0.717, 1.165) is 18.8 Å². The highest BCUT2D eigenvalue weighted by molar-refractivity contribution is 7.89. The van der Waals surface area contributed by atoms with Crippen molar-refractivity contribution in [1.29, 1.82) is 0 Å². The molecule has 0 saturated carbocycles. The van der Waals surface area contributed by atoms with Gasteiger partial charge in [0.1, 0.15) is 0 Å². The van der Waals surface area contributed by atoms with Crippen molar-refractivity contribution in [3.05, 3.63) is 41.7 Å². The van der Waals surface area contributed by atoms with Gasteiger partial charge in [0.25, 0.3) is 0 Å². The van der Waals surface area contributed by atoms with Gasteiger partial charge in [0.2, 0.25) is 16.0 Å². The van der Waals surface area contributed by atoms with Gasteiger partial charge >= 0.3 is 12.1 Å². The van der Waals surface area contributed by atoms with E-state index in [-0.39, 0.29) is 4.90 Å². The smallest absolute Gasteiger partial charge is 0.475 e. The molecule has 39 heavy (non-hydrogen) atoms. The Hall–Kier alpha value is -2.68. The first-order valence-corrected chi connectivity index (χ1v) is 14.3. The molecule has 2 aromatic rings. The molecule has 15 heteroatoms. The fraction of sp³-hybridized carbons (Fsp3) is 0.542. The number of piperazine rings is 1. The lowest BCUT2D eigenvalue weighted by Gasteiger charge is -2.34. The zero-order chi connectivity index (χ0) is 28.3. The summed E-state index contributed by atoms with van der Waals surface area (Å²) in [5, 5.41) is 11.1. The Kier molecular flexibility index (Phi) is 8.88. The molecule has 1 aromatic heterocycles. The summed E-state index contributed by atoms with van der Waals surface area (Å²) in [6.07, 6.45) is 2.00. The first-order valence-electron chi connectivity index (χ1n) is 12.5. The average Bonchev–Trinajstić information content (AvgIpc) is 3.21. The molecule has 2 N–H and O–H groups in total. The first-order chi connectivity index (χ1) is 18.4. The van der Waals surface area contributed by atoms with Crippen LogP contribution in [0.25, 0.3) is 0 Å². The Morgan fingerprint density at radius 3 is 2.36 bits per heavy atom. The molecule has 2 atom stereocenters. The second-order valence-corrected chi connectivity index (χ2v) is 12.2. The maximum Gasteiger partial charge on any atom is 0.490 e. The summed E-state index contributed by atoms with van der Waals surface area (Å²) in [6, 6.07) is 6.81. The number of sulfonamides is 1. The molecule has 0 radical (unpaired) electrons. The van der Waals surface area contributed by atoms with Crippen LogP contribution < -0.4 is 10.2 Å². The van der Waals surface area contributed by atoms with Crippen LogP contribution in [0.15, 0.2) is 41.6 Å². The lowest BCUT2D eigenvalue weighted by Crippen LogP contribution is -2.49. The van der Waals surface area contributed by atoms with Crippen LogP contribution in [0.3, 0.4) is 0 Å². The van der Waals surface area contributed by atoms with Crippen molar-refractivity contribution in [3.8, 4) is 0 Å². The number of benzene rings is 1. The standard InChI is InChI=1S/C22H29ClN6O2S.C2HF3O2/c23-19-15-18(3-4-20(19)26-16-22-5-1-9-27(17-22)10-6-22)32(30,31)29-13-11-28(12-14-29)21-24-7-2-8-25-21;3-2(4,5)1(6)7/h2-4,7-8,15,26H,1,5-6,9-14,16-17H2;(H,6,7). The molecule has 2 bridgehead atoms. The van der Waals surface area contributed by atoms with Crippen molar-refractivity contribution in [1.82, 2.24) is 19.2 Å². The molecular weight excluding hydrogens is 561 g/mol. The van der Waals surface area contributed by atoms with Gasteiger partial charge in [0.05, 0.1) is 15.6 Å². The summed E-state index contributed by atoms with van der Waals surface area (Å²) in [7, 11) is -3.61. The highest BCUT2D eigenvalue weighted by Crippen LogP contribution is 2.40. The number of hydrogen-bond acceptors (Lipinski definition) is 8. The molecule has 3 saturated heterocycles. The zero-order valence-corrected chi connectivity index (χ0v) is 22.6. The van der Waals surface area contributed by atoms with Crippen molar-refractivity contribution >= 4 is 39.2 Å². The fourth-order valence-electron chi connectivity index (χ4n) is 5.15. The number of aromatic nitrogens is 2. The normalized spacial score (nSPS) is 23.6. The van der Waals surface area contributed by atoms with E-state index in [0.29, 0.717) is 42.6 Å². The van der Waals surface area contributed by atoms with Gasteiger partial charge < -0.3 is 20.2 Å². The quantitative estimate of drug-likeness (QED) is 0.523. The summed E-state index contributed by atoms with van der Waals surface area (Å²) < 4.78 is 59.6. The molecule has 5 rings (SSSR count). The largest absolute Gasteiger partial charge is 0.490 e. The third kappa shape index (κ3) is 7.10. The molecule has 3 aliphatic rings. The van der Waals surface area contributed by atoms with E-state index in [1.807, 2.05) is 4.90 Å². The van der Waals surface area contributed by atoms with E-state index in [9.17, 15) is 21.6 Å². The van der Waals surface area contributed by atoms with Crippen LogP contribution in [0.1, 0.15) is 19.3 Å². The van der Waals surface area contributed by atoms with Gasteiger partial charge in [-0.1, -0.05) is 11.6 Å². The summed E-state index contributed by atoms with van der Waals surface area (Å²) in [4.78, 5) is 22.2. The minimum Gasteiger partial charge on any atom is -0.475 e. The maximum absolute atomic E-state index is 13.2. The van der Waals surface area contributed by atoms with E-state index in [1.165, 1.54) is 36.7 Å². The molecule has 0 amide bonds. The number of aliphatic carboxylic acids is 1. The van der Waals surface area contributed by atoms with Crippen LogP contribution in [0, 0.1) is 5.41 Å². The van der Waals surface area contributed by atoms with Crippen molar-refractivity contribution in [2.45, 2.75) is 30.3 Å². The monoisotopic (exact) mass is 590 g/mol. The number of carboxylic acid groups (broad SMARTS) is 1. The molecule has 0 spiro atoms. The van der Waals surface area contributed by atoms with Crippen LogP contribution in [-0.4, -0.2) is 97.2 Å².